The highest BCUT2D eigenvalue weighted by atomic mass is 16.5. The molecule has 10 nitrogen and oxygen atoms in total. The Morgan fingerprint density at radius 3 is 2.67 bits per heavy atom. The van der Waals surface area contributed by atoms with Crippen LogP contribution in [0.5, 0.6) is 11.6 Å². The summed E-state index contributed by atoms with van der Waals surface area (Å²) in [5, 5.41) is 17.6. The number of anilines is 2. The highest BCUT2D eigenvalue weighted by Crippen LogP contribution is 2.39. The van der Waals surface area contributed by atoms with Crippen LogP contribution in [0.15, 0.2) is 60.9 Å². The minimum absolute atomic E-state index is 0.0361. The molecule has 2 aliphatic rings. The van der Waals surface area contributed by atoms with Crippen LogP contribution >= 0.6 is 0 Å². The van der Waals surface area contributed by atoms with Gasteiger partial charge in [0.25, 0.3) is 0 Å². The number of hydrogen-bond acceptors (Lipinski definition) is 7. The molecule has 1 saturated heterocycles. The van der Waals surface area contributed by atoms with Crippen LogP contribution in [0.1, 0.15) is 44.6 Å². The summed E-state index contributed by atoms with van der Waals surface area (Å²) in [5.41, 5.74) is 3.02. The number of carboxylic acid groups (broad SMARTS) is 1. The fraction of sp³-hybridized carbons (Fsp3) is 0.364. The SMILES string of the molecule is Cc1ccc2c(NC(=O)[C@H]3CCCC3C)cccc2c1Oc1ncccc1-c1ccnc(N[C@H]2CCCN(C(=O)O)C2)n1. The van der Waals surface area contributed by atoms with E-state index in [-0.39, 0.29) is 17.9 Å². The summed E-state index contributed by atoms with van der Waals surface area (Å²) in [7, 11) is 0. The van der Waals surface area contributed by atoms with Gasteiger partial charge in [0, 0.05) is 53.9 Å². The molecule has 2 fully saturated rings. The van der Waals surface area contributed by atoms with Gasteiger partial charge >= 0.3 is 6.09 Å². The lowest BCUT2D eigenvalue weighted by Gasteiger charge is -2.31. The highest BCUT2D eigenvalue weighted by Gasteiger charge is 2.30. The van der Waals surface area contributed by atoms with Crippen molar-refractivity contribution >= 4 is 34.4 Å². The molecule has 0 radical (unpaired) electrons. The quantitative estimate of drug-likeness (QED) is 0.220. The molecule has 222 valence electrons. The number of fused-ring (bicyclic) bond motifs is 1. The number of likely N-dealkylation sites (tertiary alicyclic amines) is 1. The number of nitrogens with one attached hydrogen (secondary N) is 2. The molecule has 2 aromatic carbocycles. The first-order valence-electron chi connectivity index (χ1n) is 14.9. The molecular formula is C33H36N6O4. The van der Waals surface area contributed by atoms with Crippen LogP contribution in [0.2, 0.25) is 0 Å². The molecule has 43 heavy (non-hydrogen) atoms. The third-order valence-corrected chi connectivity index (χ3v) is 8.59. The smallest absolute Gasteiger partial charge is 0.407 e. The summed E-state index contributed by atoms with van der Waals surface area (Å²) < 4.78 is 6.54. The summed E-state index contributed by atoms with van der Waals surface area (Å²) in [6.45, 7) is 5.05. The number of amides is 2. The number of pyridine rings is 1. The lowest BCUT2D eigenvalue weighted by atomic mass is 9.97. The van der Waals surface area contributed by atoms with Gasteiger partial charge in [-0.3, -0.25) is 4.79 Å². The zero-order valence-corrected chi connectivity index (χ0v) is 24.4. The van der Waals surface area contributed by atoms with Crippen LogP contribution in [-0.4, -0.2) is 56.1 Å². The van der Waals surface area contributed by atoms with E-state index in [0.717, 1.165) is 54.1 Å². The Morgan fingerprint density at radius 1 is 0.977 bits per heavy atom. The molecule has 1 aliphatic carbocycles. The van der Waals surface area contributed by atoms with Crippen molar-refractivity contribution < 1.29 is 19.4 Å². The van der Waals surface area contributed by atoms with Gasteiger partial charge in [0.2, 0.25) is 17.7 Å². The van der Waals surface area contributed by atoms with E-state index in [1.54, 1.807) is 18.5 Å². The predicted molar refractivity (Wildman–Crippen MR) is 165 cm³/mol. The van der Waals surface area contributed by atoms with E-state index in [4.69, 9.17) is 9.72 Å². The molecule has 0 spiro atoms. The number of rotatable bonds is 7. The van der Waals surface area contributed by atoms with Gasteiger partial charge < -0.3 is 25.4 Å². The number of carbonyl (C=O) groups excluding carboxylic acids is 1. The predicted octanol–water partition coefficient (Wildman–Crippen LogP) is 6.72. The minimum Gasteiger partial charge on any atom is -0.465 e. The van der Waals surface area contributed by atoms with Crippen LogP contribution in [-0.2, 0) is 4.79 Å². The van der Waals surface area contributed by atoms with Gasteiger partial charge in [-0.05, 0) is 68.4 Å². The Kier molecular flexibility index (Phi) is 8.09. The van der Waals surface area contributed by atoms with E-state index in [2.05, 4.69) is 27.5 Å². The normalized spacial score (nSPS) is 20.1. The fourth-order valence-electron chi connectivity index (χ4n) is 6.24. The van der Waals surface area contributed by atoms with Crippen molar-refractivity contribution in [3.63, 3.8) is 0 Å². The molecule has 1 saturated carbocycles. The van der Waals surface area contributed by atoms with Gasteiger partial charge in [0.05, 0.1) is 11.3 Å². The Morgan fingerprint density at radius 2 is 1.86 bits per heavy atom. The Bertz CT molecular complexity index is 1660. The Balaban J connectivity index is 1.27. The maximum Gasteiger partial charge on any atom is 0.407 e. The molecule has 3 N–H and O–H groups in total. The van der Waals surface area contributed by atoms with Gasteiger partial charge in [-0.1, -0.05) is 37.6 Å². The Labute approximate surface area is 250 Å². The number of ether oxygens (including phenoxy) is 1. The maximum atomic E-state index is 13.1. The average Bonchev–Trinajstić information content (AvgIpc) is 3.45. The molecule has 3 heterocycles. The average molecular weight is 581 g/mol. The lowest BCUT2D eigenvalue weighted by Crippen LogP contribution is -2.44. The molecular weight excluding hydrogens is 544 g/mol. The largest absolute Gasteiger partial charge is 0.465 e. The van der Waals surface area contributed by atoms with Gasteiger partial charge in [-0.15, -0.1) is 0 Å². The molecule has 1 aliphatic heterocycles. The summed E-state index contributed by atoms with van der Waals surface area (Å²) >= 11 is 0. The third kappa shape index (κ3) is 6.09. The molecule has 2 aromatic heterocycles. The molecule has 6 rings (SSSR count). The van der Waals surface area contributed by atoms with E-state index < -0.39 is 6.09 Å². The topological polar surface area (TPSA) is 130 Å². The lowest BCUT2D eigenvalue weighted by molar-refractivity contribution is -0.120. The van der Waals surface area contributed by atoms with Crippen molar-refractivity contribution in [2.24, 2.45) is 11.8 Å². The highest BCUT2D eigenvalue weighted by molar-refractivity contribution is 6.05. The Hall–Kier alpha value is -4.73. The standard InChI is InChI=1S/C33H36N6O4/c1-20-7-3-9-23(20)30(40)37-27-12-4-10-25-24(27)14-13-21(2)29(25)43-31-26(11-5-16-34-31)28-15-17-35-32(38-28)36-22-8-6-18-39(19-22)33(41)42/h4-5,10-17,20,22-23H,3,6-9,18-19H2,1-2H3,(H,37,40)(H,41,42)(H,35,36,38)/t20?,22-,23-/m0/s1. The van der Waals surface area contributed by atoms with Crippen LogP contribution in [0.3, 0.4) is 0 Å². The van der Waals surface area contributed by atoms with Gasteiger partial charge in [0.15, 0.2) is 0 Å². The van der Waals surface area contributed by atoms with E-state index in [0.29, 0.717) is 47.8 Å². The van der Waals surface area contributed by atoms with Crippen LogP contribution in [0.25, 0.3) is 22.0 Å². The summed E-state index contributed by atoms with van der Waals surface area (Å²) in [4.78, 5) is 39.6. The fourth-order valence-corrected chi connectivity index (χ4v) is 6.24. The second kappa shape index (κ2) is 12.2. The first kappa shape index (κ1) is 28.4. The molecule has 3 atom stereocenters. The summed E-state index contributed by atoms with van der Waals surface area (Å²) in [6, 6.07) is 15.3. The zero-order chi connectivity index (χ0) is 29.9. The number of benzene rings is 2. The second-order valence-corrected chi connectivity index (χ2v) is 11.6. The van der Waals surface area contributed by atoms with Crippen molar-refractivity contribution in [1.82, 2.24) is 19.9 Å². The van der Waals surface area contributed by atoms with Crippen molar-refractivity contribution in [3.8, 4) is 22.9 Å². The van der Waals surface area contributed by atoms with Crippen molar-refractivity contribution in [1.29, 1.82) is 0 Å². The monoisotopic (exact) mass is 580 g/mol. The first-order chi connectivity index (χ1) is 20.9. The second-order valence-electron chi connectivity index (χ2n) is 11.6. The van der Waals surface area contributed by atoms with Crippen LogP contribution in [0.4, 0.5) is 16.4 Å². The van der Waals surface area contributed by atoms with Gasteiger partial charge in [-0.25, -0.2) is 19.7 Å². The van der Waals surface area contributed by atoms with Gasteiger partial charge in [0.1, 0.15) is 5.75 Å². The van der Waals surface area contributed by atoms with Gasteiger partial charge in [-0.2, -0.15) is 0 Å². The van der Waals surface area contributed by atoms with Crippen molar-refractivity contribution in [2.45, 2.75) is 52.0 Å². The summed E-state index contributed by atoms with van der Waals surface area (Å²) in [6.07, 6.45) is 7.15. The number of nitrogens with zero attached hydrogens (tertiary/aromatic N) is 4. The number of piperidine rings is 1. The van der Waals surface area contributed by atoms with E-state index in [1.165, 1.54) is 4.90 Å². The number of hydrogen-bond donors (Lipinski definition) is 3. The molecule has 2 amide bonds. The van der Waals surface area contributed by atoms with Crippen LogP contribution in [0, 0.1) is 18.8 Å². The molecule has 10 heteroatoms. The minimum atomic E-state index is -0.917. The summed E-state index contributed by atoms with van der Waals surface area (Å²) in [5.74, 6) is 1.97. The zero-order valence-electron chi connectivity index (χ0n) is 24.4. The first-order valence-corrected chi connectivity index (χ1v) is 14.9. The van der Waals surface area contributed by atoms with Crippen molar-refractivity contribution in [3.05, 3.63) is 66.5 Å². The van der Waals surface area contributed by atoms with Crippen LogP contribution < -0.4 is 15.4 Å². The number of carbonyl (C=O) groups is 2. The molecule has 4 aromatic rings. The van der Waals surface area contributed by atoms with Crippen molar-refractivity contribution in [2.75, 3.05) is 23.7 Å². The molecule has 1 unspecified atom stereocenters. The van der Waals surface area contributed by atoms with E-state index >= 15 is 0 Å². The maximum absolute atomic E-state index is 13.1. The number of aromatic nitrogens is 3. The van der Waals surface area contributed by atoms with E-state index in [9.17, 15) is 14.7 Å². The molecule has 0 bridgehead atoms. The third-order valence-electron chi connectivity index (χ3n) is 8.59. The number of aryl methyl sites for hydroxylation is 1. The van der Waals surface area contributed by atoms with E-state index in [1.807, 2.05) is 49.4 Å².